The second-order valence-electron chi connectivity index (χ2n) is 6.85. The van der Waals surface area contributed by atoms with Crippen molar-refractivity contribution in [1.29, 1.82) is 0 Å². The lowest BCUT2D eigenvalue weighted by Gasteiger charge is -2.33. The number of amides is 1. The average molecular weight is 357 g/mol. The molecule has 0 bridgehead atoms. The van der Waals surface area contributed by atoms with E-state index < -0.39 is 0 Å². The fraction of sp³-hybridized carbons (Fsp3) is 0.579. The van der Waals surface area contributed by atoms with Crippen molar-refractivity contribution in [3.63, 3.8) is 0 Å². The molecule has 26 heavy (non-hydrogen) atoms. The van der Waals surface area contributed by atoms with Gasteiger partial charge in [-0.25, -0.2) is 15.0 Å². The summed E-state index contributed by atoms with van der Waals surface area (Å²) in [5, 5.41) is 3.02. The quantitative estimate of drug-likeness (QED) is 0.797. The molecule has 140 valence electrons. The molecule has 7 nitrogen and oxygen atoms in total. The van der Waals surface area contributed by atoms with Crippen molar-refractivity contribution < 1.29 is 9.53 Å². The van der Waals surface area contributed by atoms with Crippen LogP contribution in [0.1, 0.15) is 30.7 Å². The summed E-state index contributed by atoms with van der Waals surface area (Å²) in [6, 6.07) is 2.03. The zero-order valence-corrected chi connectivity index (χ0v) is 15.8. The van der Waals surface area contributed by atoms with Crippen molar-refractivity contribution in [2.24, 2.45) is 5.92 Å². The number of methoxy groups -OCH3 is 1. The number of piperidine rings is 1. The number of aryl methyl sites for hydroxylation is 2. The molecule has 0 radical (unpaired) electrons. The number of ether oxygens (including phenoxy) is 1. The molecule has 1 fully saturated rings. The summed E-state index contributed by atoms with van der Waals surface area (Å²) in [5.41, 5.74) is 4.30. The molecule has 3 heterocycles. The van der Waals surface area contributed by atoms with Gasteiger partial charge in [0.1, 0.15) is 5.52 Å². The summed E-state index contributed by atoms with van der Waals surface area (Å²) in [4.78, 5) is 28.2. The van der Waals surface area contributed by atoms with Crippen molar-refractivity contribution in [1.82, 2.24) is 20.3 Å². The van der Waals surface area contributed by atoms with Crippen molar-refractivity contribution in [2.75, 3.05) is 38.3 Å². The standard InChI is InChI=1S/C19H27N5O2/c1-13-14(2)23-18-17(22-13)10-16(11-21-18)24-8-4-6-15(12-24)19(25)20-7-5-9-26-3/h10-11,15H,4-9,12H2,1-3H3,(H,20,25)/t15-/m0/s1. The van der Waals surface area contributed by atoms with Crippen LogP contribution >= 0.6 is 0 Å². The molecule has 0 unspecified atom stereocenters. The van der Waals surface area contributed by atoms with Gasteiger partial charge in [0, 0.05) is 33.4 Å². The normalized spacial score (nSPS) is 17.5. The molecule has 1 N–H and O–H groups in total. The number of carbonyl (C=O) groups is 1. The number of rotatable bonds is 6. The Kier molecular flexibility index (Phi) is 5.98. The van der Waals surface area contributed by atoms with E-state index in [0.29, 0.717) is 25.3 Å². The number of carbonyl (C=O) groups excluding carboxylic acids is 1. The minimum atomic E-state index is 0.00725. The van der Waals surface area contributed by atoms with Gasteiger partial charge in [0.2, 0.25) is 5.91 Å². The number of aromatic nitrogens is 3. The SMILES string of the molecule is COCCCNC(=O)[C@H]1CCCN(c2cnc3nc(C)c(C)nc3c2)C1. The highest BCUT2D eigenvalue weighted by Gasteiger charge is 2.26. The lowest BCUT2D eigenvalue weighted by molar-refractivity contribution is -0.125. The molecule has 0 aliphatic carbocycles. The first-order chi connectivity index (χ1) is 12.6. The number of nitrogens with zero attached hydrogens (tertiary/aromatic N) is 4. The molecular formula is C19H27N5O2. The highest BCUT2D eigenvalue weighted by atomic mass is 16.5. The molecular weight excluding hydrogens is 330 g/mol. The van der Waals surface area contributed by atoms with Crippen LogP contribution in [0.5, 0.6) is 0 Å². The van der Waals surface area contributed by atoms with Crippen LogP contribution in [0, 0.1) is 19.8 Å². The van der Waals surface area contributed by atoms with E-state index in [1.54, 1.807) is 7.11 Å². The Bertz CT molecular complexity index is 780. The van der Waals surface area contributed by atoms with Gasteiger partial charge in [0.05, 0.1) is 29.2 Å². The van der Waals surface area contributed by atoms with Gasteiger partial charge in [-0.05, 0) is 39.2 Å². The predicted octanol–water partition coefficient (Wildman–Crippen LogP) is 2.01. The van der Waals surface area contributed by atoms with E-state index in [-0.39, 0.29) is 11.8 Å². The monoisotopic (exact) mass is 357 g/mol. The second kappa shape index (κ2) is 8.40. The smallest absolute Gasteiger partial charge is 0.224 e. The zero-order chi connectivity index (χ0) is 18.5. The molecule has 0 aromatic carbocycles. The molecule has 0 saturated carbocycles. The van der Waals surface area contributed by atoms with Crippen LogP contribution < -0.4 is 10.2 Å². The molecule has 0 spiro atoms. The minimum Gasteiger partial charge on any atom is -0.385 e. The second-order valence-corrected chi connectivity index (χ2v) is 6.85. The summed E-state index contributed by atoms with van der Waals surface area (Å²) < 4.78 is 5.02. The Hall–Kier alpha value is -2.28. The molecule has 1 aliphatic heterocycles. The summed E-state index contributed by atoms with van der Waals surface area (Å²) in [5.74, 6) is 0.138. The van der Waals surface area contributed by atoms with E-state index in [1.165, 1.54) is 0 Å². The molecule has 1 saturated heterocycles. The maximum atomic E-state index is 12.4. The third-order valence-electron chi connectivity index (χ3n) is 4.90. The summed E-state index contributed by atoms with van der Waals surface area (Å²) in [7, 11) is 1.67. The van der Waals surface area contributed by atoms with Crippen LogP contribution in [0.25, 0.3) is 11.2 Å². The Morgan fingerprint density at radius 3 is 2.96 bits per heavy atom. The van der Waals surface area contributed by atoms with Crippen LogP contribution in [0.3, 0.4) is 0 Å². The maximum Gasteiger partial charge on any atom is 0.224 e. The van der Waals surface area contributed by atoms with Crippen molar-refractivity contribution >= 4 is 22.8 Å². The first-order valence-electron chi connectivity index (χ1n) is 9.21. The van der Waals surface area contributed by atoms with E-state index in [4.69, 9.17) is 4.74 Å². The fourth-order valence-corrected chi connectivity index (χ4v) is 3.28. The lowest BCUT2D eigenvalue weighted by atomic mass is 9.96. The fourth-order valence-electron chi connectivity index (χ4n) is 3.28. The summed E-state index contributed by atoms with van der Waals surface area (Å²) in [6.45, 7) is 6.87. The van der Waals surface area contributed by atoms with Gasteiger partial charge in [0.15, 0.2) is 5.65 Å². The average Bonchev–Trinajstić information content (AvgIpc) is 2.66. The predicted molar refractivity (Wildman–Crippen MR) is 101 cm³/mol. The zero-order valence-electron chi connectivity index (χ0n) is 15.8. The Balaban J connectivity index is 1.68. The van der Waals surface area contributed by atoms with Crippen molar-refractivity contribution in [3.05, 3.63) is 23.7 Å². The minimum absolute atomic E-state index is 0.00725. The number of fused-ring (bicyclic) bond motifs is 1. The first kappa shape index (κ1) is 18.5. The van der Waals surface area contributed by atoms with Gasteiger partial charge < -0.3 is 15.0 Å². The van der Waals surface area contributed by atoms with E-state index in [1.807, 2.05) is 26.1 Å². The van der Waals surface area contributed by atoms with Gasteiger partial charge >= 0.3 is 0 Å². The largest absolute Gasteiger partial charge is 0.385 e. The molecule has 2 aromatic rings. The van der Waals surface area contributed by atoms with Gasteiger partial charge in [-0.2, -0.15) is 0 Å². The Morgan fingerprint density at radius 1 is 1.35 bits per heavy atom. The van der Waals surface area contributed by atoms with Crippen LogP contribution in [0.2, 0.25) is 0 Å². The number of pyridine rings is 1. The summed E-state index contributed by atoms with van der Waals surface area (Å²) in [6.07, 6.45) is 4.59. The topological polar surface area (TPSA) is 80.2 Å². The van der Waals surface area contributed by atoms with Crippen LogP contribution in [-0.2, 0) is 9.53 Å². The van der Waals surface area contributed by atoms with E-state index in [9.17, 15) is 4.79 Å². The molecule has 1 amide bonds. The van der Waals surface area contributed by atoms with E-state index in [2.05, 4.69) is 25.2 Å². The van der Waals surface area contributed by atoms with E-state index >= 15 is 0 Å². The Labute approximate surface area is 154 Å². The summed E-state index contributed by atoms with van der Waals surface area (Å²) >= 11 is 0. The number of nitrogens with one attached hydrogen (secondary N) is 1. The van der Waals surface area contributed by atoms with Crippen LogP contribution in [-0.4, -0.2) is 54.2 Å². The molecule has 2 aromatic heterocycles. The third-order valence-corrected chi connectivity index (χ3v) is 4.90. The molecule has 7 heteroatoms. The van der Waals surface area contributed by atoms with E-state index in [0.717, 1.165) is 48.4 Å². The van der Waals surface area contributed by atoms with Crippen LogP contribution in [0.4, 0.5) is 5.69 Å². The highest BCUT2D eigenvalue weighted by molar-refractivity contribution is 5.80. The first-order valence-corrected chi connectivity index (χ1v) is 9.21. The van der Waals surface area contributed by atoms with Gasteiger partial charge in [-0.1, -0.05) is 0 Å². The molecule has 3 rings (SSSR count). The maximum absolute atomic E-state index is 12.4. The third kappa shape index (κ3) is 4.27. The lowest BCUT2D eigenvalue weighted by Crippen LogP contribution is -2.43. The Morgan fingerprint density at radius 2 is 2.15 bits per heavy atom. The van der Waals surface area contributed by atoms with Crippen LogP contribution in [0.15, 0.2) is 12.3 Å². The number of anilines is 1. The van der Waals surface area contributed by atoms with Crippen molar-refractivity contribution in [2.45, 2.75) is 33.1 Å². The van der Waals surface area contributed by atoms with Gasteiger partial charge in [0.25, 0.3) is 0 Å². The number of hydrogen-bond donors (Lipinski definition) is 1. The number of hydrogen-bond acceptors (Lipinski definition) is 6. The van der Waals surface area contributed by atoms with Crippen molar-refractivity contribution in [3.8, 4) is 0 Å². The van der Waals surface area contributed by atoms with Gasteiger partial charge in [-0.3, -0.25) is 4.79 Å². The van der Waals surface area contributed by atoms with Gasteiger partial charge in [-0.15, -0.1) is 0 Å². The molecule has 1 aliphatic rings. The highest BCUT2D eigenvalue weighted by Crippen LogP contribution is 2.25. The molecule has 1 atom stereocenters.